The van der Waals surface area contributed by atoms with Crippen LogP contribution in [0, 0.1) is 0 Å². The van der Waals surface area contributed by atoms with E-state index in [1.807, 2.05) is 68.9 Å². The summed E-state index contributed by atoms with van der Waals surface area (Å²) in [7, 11) is 4.02. The Labute approximate surface area is 156 Å². The molecule has 0 aliphatic heterocycles. The third kappa shape index (κ3) is 4.21. The van der Waals surface area contributed by atoms with Crippen LogP contribution in [-0.2, 0) is 0 Å². The number of hydrogen-bond acceptors (Lipinski definition) is 5. The topological polar surface area (TPSA) is 36.4 Å². The Hall–Kier alpha value is -1.89. The van der Waals surface area contributed by atoms with E-state index in [2.05, 4.69) is 9.88 Å². The Morgan fingerprint density at radius 2 is 1.92 bits per heavy atom. The predicted octanol–water partition coefficient (Wildman–Crippen LogP) is 4.23. The molecule has 0 unspecified atom stereocenters. The number of benzene rings is 2. The summed E-state index contributed by atoms with van der Waals surface area (Å²) >= 11 is 3.20. The number of thiazole rings is 1. The number of para-hydroxylation sites is 1. The molecule has 0 saturated carbocycles. The molecule has 0 atom stereocenters. The molecule has 1 amide bonds. The lowest BCUT2D eigenvalue weighted by molar-refractivity contribution is 0.0985. The van der Waals surface area contributed by atoms with Crippen molar-refractivity contribution in [2.75, 3.05) is 38.3 Å². The first-order valence-electron chi connectivity index (χ1n) is 8.04. The highest BCUT2D eigenvalue weighted by Gasteiger charge is 2.21. The molecule has 0 spiro atoms. The van der Waals surface area contributed by atoms with Gasteiger partial charge in [-0.1, -0.05) is 29.5 Å². The molecule has 4 nitrogen and oxygen atoms in total. The number of likely N-dealkylation sites (N-methyl/N-ethyl adjacent to an activating group) is 1. The van der Waals surface area contributed by atoms with E-state index < -0.39 is 0 Å². The lowest BCUT2D eigenvalue weighted by Crippen LogP contribution is -2.36. The quantitative estimate of drug-likeness (QED) is 0.608. The van der Waals surface area contributed by atoms with Gasteiger partial charge in [-0.2, -0.15) is 0 Å². The van der Waals surface area contributed by atoms with Crippen molar-refractivity contribution >= 4 is 44.4 Å². The second-order valence-corrected chi connectivity index (χ2v) is 7.84. The summed E-state index contributed by atoms with van der Waals surface area (Å²) < 4.78 is 1.10. The van der Waals surface area contributed by atoms with E-state index in [9.17, 15) is 4.79 Å². The number of carbonyl (C=O) groups is 1. The number of thioether (sulfide) groups is 1. The minimum absolute atomic E-state index is 0.00296. The predicted molar refractivity (Wildman–Crippen MR) is 108 cm³/mol. The Bertz CT molecular complexity index is 843. The Kier molecular flexibility index (Phi) is 5.73. The molecule has 6 heteroatoms. The van der Waals surface area contributed by atoms with E-state index in [0.29, 0.717) is 12.1 Å². The van der Waals surface area contributed by atoms with Crippen molar-refractivity contribution in [3.8, 4) is 0 Å². The SMILES string of the molecule is CSc1cccc(C(=O)N(CCN(C)C)c2nc3ccccc3s2)c1. The van der Waals surface area contributed by atoms with Gasteiger partial charge in [-0.3, -0.25) is 9.69 Å². The fourth-order valence-electron chi connectivity index (χ4n) is 2.47. The lowest BCUT2D eigenvalue weighted by atomic mass is 10.2. The molecule has 0 N–H and O–H groups in total. The van der Waals surface area contributed by atoms with Crippen LogP contribution >= 0.6 is 23.1 Å². The van der Waals surface area contributed by atoms with Gasteiger partial charge in [-0.05, 0) is 50.7 Å². The van der Waals surface area contributed by atoms with Gasteiger partial charge >= 0.3 is 0 Å². The zero-order chi connectivity index (χ0) is 17.8. The molecule has 0 fully saturated rings. The van der Waals surface area contributed by atoms with Gasteiger partial charge in [0.15, 0.2) is 5.13 Å². The zero-order valence-electron chi connectivity index (χ0n) is 14.6. The molecule has 0 radical (unpaired) electrons. The van der Waals surface area contributed by atoms with Crippen molar-refractivity contribution in [2.45, 2.75) is 4.90 Å². The minimum atomic E-state index is -0.00296. The van der Waals surface area contributed by atoms with E-state index in [-0.39, 0.29) is 5.91 Å². The summed E-state index contributed by atoms with van der Waals surface area (Å²) in [6.45, 7) is 1.39. The Morgan fingerprint density at radius 1 is 1.12 bits per heavy atom. The average molecular weight is 372 g/mol. The highest BCUT2D eigenvalue weighted by Crippen LogP contribution is 2.30. The van der Waals surface area contributed by atoms with Gasteiger partial charge in [0.25, 0.3) is 5.91 Å². The number of amides is 1. The number of fused-ring (bicyclic) bond motifs is 1. The molecule has 2 aromatic carbocycles. The van der Waals surface area contributed by atoms with Gasteiger partial charge < -0.3 is 4.90 Å². The molecular formula is C19H21N3OS2. The molecule has 0 aliphatic carbocycles. The summed E-state index contributed by atoms with van der Waals surface area (Å²) in [4.78, 5) is 22.8. The zero-order valence-corrected chi connectivity index (χ0v) is 16.2. The van der Waals surface area contributed by atoms with E-state index in [1.165, 1.54) is 0 Å². The van der Waals surface area contributed by atoms with Crippen LogP contribution in [0.1, 0.15) is 10.4 Å². The second-order valence-electron chi connectivity index (χ2n) is 5.96. The first kappa shape index (κ1) is 17.9. The number of anilines is 1. The van der Waals surface area contributed by atoms with Crippen molar-refractivity contribution in [3.63, 3.8) is 0 Å². The third-order valence-electron chi connectivity index (χ3n) is 3.85. The van der Waals surface area contributed by atoms with Crippen LogP contribution in [0.3, 0.4) is 0 Å². The first-order valence-corrected chi connectivity index (χ1v) is 10.1. The van der Waals surface area contributed by atoms with Crippen LogP contribution in [0.5, 0.6) is 0 Å². The van der Waals surface area contributed by atoms with Crippen molar-refractivity contribution < 1.29 is 4.79 Å². The van der Waals surface area contributed by atoms with Crippen LogP contribution in [0.4, 0.5) is 5.13 Å². The van der Waals surface area contributed by atoms with Gasteiger partial charge in [0, 0.05) is 23.5 Å². The molecule has 0 aliphatic rings. The Morgan fingerprint density at radius 3 is 2.64 bits per heavy atom. The first-order chi connectivity index (χ1) is 12.1. The third-order valence-corrected chi connectivity index (χ3v) is 5.63. The van der Waals surface area contributed by atoms with Gasteiger partial charge in [-0.15, -0.1) is 11.8 Å². The highest BCUT2D eigenvalue weighted by molar-refractivity contribution is 7.98. The second kappa shape index (κ2) is 7.99. The normalized spacial score (nSPS) is 11.2. The summed E-state index contributed by atoms with van der Waals surface area (Å²) in [5.74, 6) is -0.00296. The average Bonchev–Trinajstić information content (AvgIpc) is 3.05. The monoisotopic (exact) mass is 371 g/mol. The summed E-state index contributed by atoms with van der Waals surface area (Å²) in [5.41, 5.74) is 1.63. The molecule has 3 aromatic rings. The summed E-state index contributed by atoms with van der Waals surface area (Å²) in [6.07, 6.45) is 2.01. The molecule has 3 rings (SSSR count). The molecule has 130 valence electrons. The molecule has 0 saturated heterocycles. The van der Waals surface area contributed by atoms with Crippen LogP contribution in [0.25, 0.3) is 10.2 Å². The van der Waals surface area contributed by atoms with E-state index in [0.717, 1.165) is 26.8 Å². The molecule has 25 heavy (non-hydrogen) atoms. The largest absolute Gasteiger partial charge is 0.308 e. The van der Waals surface area contributed by atoms with Crippen LogP contribution in [0.2, 0.25) is 0 Å². The van der Waals surface area contributed by atoms with Gasteiger partial charge in [-0.25, -0.2) is 4.98 Å². The van der Waals surface area contributed by atoms with Crippen LogP contribution in [0.15, 0.2) is 53.4 Å². The van der Waals surface area contributed by atoms with Gasteiger partial charge in [0.2, 0.25) is 0 Å². The van der Waals surface area contributed by atoms with E-state index >= 15 is 0 Å². The van der Waals surface area contributed by atoms with Gasteiger partial charge in [0.05, 0.1) is 10.2 Å². The molecular weight excluding hydrogens is 350 g/mol. The maximum absolute atomic E-state index is 13.2. The maximum atomic E-state index is 13.2. The minimum Gasteiger partial charge on any atom is -0.308 e. The smallest absolute Gasteiger partial charge is 0.260 e. The molecule has 1 heterocycles. The van der Waals surface area contributed by atoms with Crippen molar-refractivity contribution in [2.24, 2.45) is 0 Å². The van der Waals surface area contributed by atoms with Crippen LogP contribution < -0.4 is 4.90 Å². The molecule has 1 aromatic heterocycles. The lowest BCUT2D eigenvalue weighted by Gasteiger charge is -2.22. The number of aromatic nitrogens is 1. The van der Waals surface area contributed by atoms with E-state index in [4.69, 9.17) is 0 Å². The molecule has 0 bridgehead atoms. The Balaban J connectivity index is 1.96. The highest BCUT2D eigenvalue weighted by atomic mass is 32.2. The number of nitrogens with zero attached hydrogens (tertiary/aromatic N) is 3. The summed E-state index contributed by atoms with van der Waals surface area (Å²) in [5, 5.41) is 0.752. The van der Waals surface area contributed by atoms with Crippen LogP contribution in [-0.4, -0.2) is 49.2 Å². The maximum Gasteiger partial charge on any atom is 0.260 e. The van der Waals surface area contributed by atoms with Gasteiger partial charge in [0.1, 0.15) is 0 Å². The fourth-order valence-corrected chi connectivity index (χ4v) is 3.92. The number of hydrogen-bond donors (Lipinski definition) is 0. The number of carbonyl (C=O) groups excluding carboxylic acids is 1. The van der Waals surface area contributed by atoms with E-state index in [1.54, 1.807) is 28.0 Å². The standard InChI is InChI=1S/C19H21N3OS2/c1-21(2)11-12-22(18(23)14-7-6-8-15(13-14)24-3)19-20-16-9-4-5-10-17(16)25-19/h4-10,13H,11-12H2,1-3H3. The van der Waals surface area contributed by atoms with Crippen molar-refractivity contribution in [1.82, 2.24) is 9.88 Å². The van der Waals surface area contributed by atoms with Crippen molar-refractivity contribution in [1.29, 1.82) is 0 Å². The van der Waals surface area contributed by atoms with Crippen molar-refractivity contribution in [3.05, 3.63) is 54.1 Å². The number of rotatable bonds is 6. The summed E-state index contributed by atoms with van der Waals surface area (Å²) in [6, 6.07) is 15.8. The fraction of sp³-hybridized carbons (Fsp3) is 0.263.